The quantitative estimate of drug-likeness (QED) is 0.378. The molecule has 4 aromatic rings. The fourth-order valence-corrected chi connectivity index (χ4v) is 3.89. The third-order valence-corrected chi connectivity index (χ3v) is 5.37. The van der Waals surface area contributed by atoms with Crippen LogP contribution < -0.4 is 4.74 Å². The fraction of sp³-hybridized carbons (Fsp3) is 0.200. The topological polar surface area (TPSA) is 85.7 Å². The summed E-state index contributed by atoms with van der Waals surface area (Å²) in [6.07, 6.45) is 1.76. The van der Waals surface area contributed by atoms with Crippen LogP contribution in [-0.4, -0.2) is 42.8 Å². The van der Waals surface area contributed by atoms with E-state index >= 15 is 0 Å². The number of carbonyl (C=O) groups is 1. The van der Waals surface area contributed by atoms with E-state index in [0.29, 0.717) is 23.1 Å². The lowest BCUT2D eigenvalue weighted by Gasteiger charge is -2.12. The molecule has 7 nitrogen and oxygen atoms in total. The van der Waals surface area contributed by atoms with Gasteiger partial charge in [0, 0.05) is 22.7 Å². The predicted octanol–water partition coefficient (Wildman–Crippen LogP) is 3.91. The maximum atomic E-state index is 13.0. The van der Waals surface area contributed by atoms with Crippen LogP contribution in [-0.2, 0) is 0 Å². The highest BCUT2D eigenvalue weighted by molar-refractivity contribution is 8.00. The van der Waals surface area contributed by atoms with E-state index in [1.807, 2.05) is 62.4 Å². The van der Waals surface area contributed by atoms with Gasteiger partial charge in [-0.05, 0) is 42.5 Å². The van der Waals surface area contributed by atoms with E-state index in [1.165, 1.54) is 11.8 Å². The van der Waals surface area contributed by atoms with Crippen molar-refractivity contribution < 1.29 is 9.53 Å². The van der Waals surface area contributed by atoms with Crippen LogP contribution in [0.4, 0.5) is 0 Å². The van der Waals surface area contributed by atoms with Crippen molar-refractivity contribution in [2.75, 3.05) is 6.61 Å². The van der Waals surface area contributed by atoms with Gasteiger partial charge in [0.2, 0.25) is 5.16 Å². The number of thioether (sulfide) groups is 1. The van der Waals surface area contributed by atoms with Crippen molar-refractivity contribution >= 4 is 28.4 Å². The number of nitrogens with one attached hydrogen (secondary N) is 1. The average molecular weight is 393 g/mol. The average Bonchev–Trinajstić information content (AvgIpc) is 3.35. The largest absolute Gasteiger partial charge is 0.492 e. The number of H-pyrrole nitrogens is 1. The first kappa shape index (κ1) is 18.2. The number of aromatic nitrogens is 5. The van der Waals surface area contributed by atoms with Crippen LogP contribution in [0.25, 0.3) is 16.6 Å². The van der Waals surface area contributed by atoms with E-state index < -0.39 is 0 Å². The van der Waals surface area contributed by atoms with Crippen LogP contribution in [0.15, 0.2) is 59.9 Å². The second-order valence-corrected chi connectivity index (χ2v) is 7.45. The van der Waals surface area contributed by atoms with Crippen molar-refractivity contribution in [3.05, 3.63) is 60.3 Å². The van der Waals surface area contributed by atoms with Gasteiger partial charge >= 0.3 is 0 Å². The van der Waals surface area contributed by atoms with Gasteiger partial charge in [-0.3, -0.25) is 4.79 Å². The summed E-state index contributed by atoms with van der Waals surface area (Å²) in [4.78, 5) is 16.2. The number of nitrogens with zero attached hydrogens (tertiary/aromatic N) is 4. The molecule has 4 rings (SSSR count). The molecule has 0 radical (unpaired) electrons. The minimum Gasteiger partial charge on any atom is -0.492 e. The molecule has 142 valence electrons. The summed E-state index contributed by atoms with van der Waals surface area (Å²) in [6, 6.07) is 15.3. The van der Waals surface area contributed by atoms with Crippen molar-refractivity contribution in [3.8, 4) is 11.4 Å². The Balaban J connectivity index is 1.61. The monoisotopic (exact) mass is 393 g/mol. The molecular weight excluding hydrogens is 374 g/mol. The van der Waals surface area contributed by atoms with Gasteiger partial charge < -0.3 is 9.72 Å². The molecule has 0 bridgehead atoms. The number of Topliss-reactive ketones (excluding diaryl/α,β-unsaturated/α-hetero) is 1. The third kappa shape index (κ3) is 3.38. The highest BCUT2D eigenvalue weighted by atomic mass is 32.2. The molecular formula is C20H19N5O2S. The fourth-order valence-electron chi connectivity index (χ4n) is 3.02. The first-order valence-electron chi connectivity index (χ1n) is 8.96. The molecule has 0 aliphatic heterocycles. The van der Waals surface area contributed by atoms with Crippen molar-refractivity contribution in [1.29, 1.82) is 0 Å². The number of hydrogen-bond acceptors (Lipinski definition) is 6. The lowest BCUT2D eigenvalue weighted by Crippen LogP contribution is -2.14. The zero-order chi connectivity index (χ0) is 19.5. The number of benzene rings is 2. The van der Waals surface area contributed by atoms with Gasteiger partial charge in [-0.25, -0.2) is 0 Å². The summed E-state index contributed by atoms with van der Waals surface area (Å²) in [5.74, 6) is 0.713. The molecule has 0 aliphatic carbocycles. The molecule has 1 N–H and O–H groups in total. The number of fused-ring (bicyclic) bond motifs is 1. The molecule has 0 saturated carbocycles. The minimum atomic E-state index is -0.358. The lowest BCUT2D eigenvalue weighted by atomic mass is 10.1. The van der Waals surface area contributed by atoms with Gasteiger partial charge in [0.05, 0.1) is 11.9 Å². The van der Waals surface area contributed by atoms with E-state index in [2.05, 4.69) is 20.5 Å². The number of ether oxygens (including phenoxy) is 1. The molecule has 0 aliphatic rings. The Bertz CT molecular complexity index is 1120. The lowest BCUT2D eigenvalue weighted by molar-refractivity contribution is 0.0995. The Morgan fingerprint density at radius 3 is 2.86 bits per heavy atom. The second-order valence-electron chi connectivity index (χ2n) is 6.15. The van der Waals surface area contributed by atoms with Crippen LogP contribution in [0.2, 0.25) is 0 Å². The maximum Gasteiger partial charge on any atom is 0.214 e. The zero-order valence-corrected chi connectivity index (χ0v) is 16.3. The van der Waals surface area contributed by atoms with Crippen LogP contribution >= 0.6 is 11.8 Å². The molecule has 0 spiro atoms. The molecule has 1 unspecified atom stereocenters. The Kier molecular flexibility index (Phi) is 5.12. The van der Waals surface area contributed by atoms with Crippen molar-refractivity contribution in [1.82, 2.24) is 25.2 Å². The molecule has 1 atom stereocenters. The van der Waals surface area contributed by atoms with Gasteiger partial charge in [-0.1, -0.05) is 42.1 Å². The van der Waals surface area contributed by atoms with Gasteiger partial charge in [0.1, 0.15) is 11.4 Å². The van der Waals surface area contributed by atoms with E-state index in [-0.39, 0.29) is 11.0 Å². The minimum absolute atomic E-state index is 0.0232. The predicted molar refractivity (Wildman–Crippen MR) is 108 cm³/mol. The number of carbonyl (C=O) groups excluding carboxylic acids is 1. The van der Waals surface area contributed by atoms with Crippen molar-refractivity contribution in [2.24, 2.45) is 0 Å². The summed E-state index contributed by atoms with van der Waals surface area (Å²) < 4.78 is 7.28. The normalized spacial score (nSPS) is 12.2. The molecule has 2 aromatic heterocycles. The molecule has 0 amide bonds. The molecule has 2 heterocycles. The summed E-state index contributed by atoms with van der Waals surface area (Å²) in [7, 11) is 0. The van der Waals surface area contributed by atoms with E-state index in [0.717, 1.165) is 16.6 Å². The van der Waals surface area contributed by atoms with Crippen LogP contribution in [0.5, 0.6) is 5.75 Å². The van der Waals surface area contributed by atoms with Gasteiger partial charge in [0.15, 0.2) is 5.78 Å². The smallest absolute Gasteiger partial charge is 0.214 e. The van der Waals surface area contributed by atoms with Gasteiger partial charge in [-0.2, -0.15) is 4.68 Å². The SMILES string of the molecule is CCOc1ccccc1-n1nnnc1SC(C)C(=O)c1c[nH]c2ccccc12. The van der Waals surface area contributed by atoms with Crippen LogP contribution in [0.1, 0.15) is 24.2 Å². The Morgan fingerprint density at radius 1 is 1.21 bits per heavy atom. The molecule has 8 heteroatoms. The molecule has 28 heavy (non-hydrogen) atoms. The number of para-hydroxylation sites is 3. The second kappa shape index (κ2) is 7.85. The first-order valence-corrected chi connectivity index (χ1v) is 9.84. The number of tetrazole rings is 1. The highest BCUT2D eigenvalue weighted by Crippen LogP contribution is 2.30. The van der Waals surface area contributed by atoms with Gasteiger partial charge in [-0.15, -0.1) is 5.10 Å². The third-order valence-electron chi connectivity index (χ3n) is 4.34. The molecule has 0 fully saturated rings. The van der Waals surface area contributed by atoms with Crippen LogP contribution in [0.3, 0.4) is 0 Å². The van der Waals surface area contributed by atoms with E-state index in [1.54, 1.807) is 10.9 Å². The van der Waals surface area contributed by atoms with E-state index in [9.17, 15) is 4.79 Å². The molecule has 0 saturated heterocycles. The summed E-state index contributed by atoms with van der Waals surface area (Å²) >= 11 is 1.32. The molecule has 2 aromatic carbocycles. The number of hydrogen-bond donors (Lipinski definition) is 1. The number of aromatic amines is 1. The maximum absolute atomic E-state index is 13.0. The summed E-state index contributed by atoms with van der Waals surface area (Å²) in [5, 5.41) is 13.1. The number of ketones is 1. The van der Waals surface area contributed by atoms with Crippen molar-refractivity contribution in [3.63, 3.8) is 0 Å². The highest BCUT2D eigenvalue weighted by Gasteiger charge is 2.23. The Morgan fingerprint density at radius 2 is 2.00 bits per heavy atom. The van der Waals surface area contributed by atoms with Crippen LogP contribution in [0, 0.1) is 0 Å². The van der Waals surface area contributed by atoms with Crippen molar-refractivity contribution in [2.45, 2.75) is 24.3 Å². The number of rotatable bonds is 7. The Labute approximate surface area is 166 Å². The summed E-state index contributed by atoms with van der Waals surface area (Å²) in [5.41, 5.74) is 2.35. The standard InChI is InChI=1S/C20H19N5O2S/c1-3-27-18-11-7-6-10-17(18)25-20(22-23-24-25)28-13(2)19(26)15-12-21-16-9-5-4-8-14(15)16/h4-13,21H,3H2,1-2H3. The summed E-state index contributed by atoms with van der Waals surface area (Å²) in [6.45, 7) is 4.33. The zero-order valence-electron chi connectivity index (χ0n) is 15.5. The first-order chi connectivity index (χ1) is 13.7. The Hall–Kier alpha value is -3.13. The van der Waals surface area contributed by atoms with E-state index in [4.69, 9.17) is 4.74 Å². The van der Waals surface area contributed by atoms with Gasteiger partial charge in [0.25, 0.3) is 0 Å².